The molecule has 0 saturated heterocycles. The van der Waals surface area contributed by atoms with Crippen molar-refractivity contribution in [1.82, 2.24) is 15.5 Å². The van der Waals surface area contributed by atoms with Crippen LogP contribution in [0, 0.1) is 5.82 Å². The molecule has 1 unspecified atom stereocenters. The third-order valence-corrected chi connectivity index (χ3v) is 5.89. The lowest BCUT2D eigenvalue weighted by Crippen LogP contribution is -2.47. The first kappa shape index (κ1) is 18.9. The summed E-state index contributed by atoms with van der Waals surface area (Å²) < 4.78 is 12.9. The maximum absolute atomic E-state index is 12.9. The normalized spacial score (nSPS) is 16.2. The van der Waals surface area contributed by atoms with Crippen LogP contribution in [0.4, 0.5) is 4.39 Å². The summed E-state index contributed by atoms with van der Waals surface area (Å²) in [6, 6.07) is 9.35. The quantitative estimate of drug-likeness (QED) is 0.603. The molecule has 0 saturated carbocycles. The lowest BCUT2D eigenvalue weighted by molar-refractivity contribution is 0.192. The van der Waals surface area contributed by atoms with Gasteiger partial charge in [0.15, 0.2) is 5.96 Å². The van der Waals surface area contributed by atoms with Crippen molar-refractivity contribution in [2.45, 2.75) is 32.4 Å². The molecule has 26 heavy (non-hydrogen) atoms. The van der Waals surface area contributed by atoms with Crippen molar-refractivity contribution < 1.29 is 4.39 Å². The summed E-state index contributed by atoms with van der Waals surface area (Å²) in [6.45, 7) is 6.04. The minimum absolute atomic E-state index is 0.194. The molecule has 0 aliphatic carbocycles. The first-order valence-electron chi connectivity index (χ1n) is 9.14. The molecule has 2 heterocycles. The number of halogens is 1. The summed E-state index contributed by atoms with van der Waals surface area (Å²) in [5, 5.41) is 8.95. The van der Waals surface area contributed by atoms with Crippen molar-refractivity contribution >= 4 is 17.3 Å². The van der Waals surface area contributed by atoms with Crippen LogP contribution < -0.4 is 10.6 Å². The van der Waals surface area contributed by atoms with E-state index in [-0.39, 0.29) is 5.82 Å². The molecular formula is C20H27FN4S. The van der Waals surface area contributed by atoms with Crippen LogP contribution in [0.15, 0.2) is 40.7 Å². The van der Waals surface area contributed by atoms with Gasteiger partial charge >= 0.3 is 0 Å². The SMILES string of the molecule is CN=C(NCCc1ccc(F)cc1)NCC(C)N1CCc2sccc2C1. The monoisotopic (exact) mass is 374 g/mol. The first-order chi connectivity index (χ1) is 12.7. The number of thiophene rings is 1. The van der Waals surface area contributed by atoms with Gasteiger partial charge in [-0.2, -0.15) is 0 Å². The van der Waals surface area contributed by atoms with E-state index in [2.05, 4.69) is 38.9 Å². The van der Waals surface area contributed by atoms with E-state index >= 15 is 0 Å². The van der Waals surface area contributed by atoms with Gasteiger partial charge in [0, 0.05) is 44.1 Å². The number of nitrogens with zero attached hydrogens (tertiary/aromatic N) is 2. The number of aliphatic imine (C=N–C) groups is 1. The molecule has 0 fully saturated rings. The zero-order valence-electron chi connectivity index (χ0n) is 15.5. The highest BCUT2D eigenvalue weighted by molar-refractivity contribution is 7.10. The lowest BCUT2D eigenvalue weighted by Gasteiger charge is -2.32. The van der Waals surface area contributed by atoms with Crippen molar-refractivity contribution in [3.63, 3.8) is 0 Å². The van der Waals surface area contributed by atoms with E-state index < -0.39 is 0 Å². The van der Waals surface area contributed by atoms with E-state index in [4.69, 9.17) is 0 Å². The summed E-state index contributed by atoms with van der Waals surface area (Å²) in [7, 11) is 1.79. The molecule has 1 aliphatic heterocycles. The standard InChI is InChI=1S/C20H27FN4S/c1-15(25-11-8-19-17(14-25)9-12-26-19)13-24-20(22-2)23-10-7-16-3-5-18(21)6-4-16/h3-6,9,12,15H,7-8,10-11,13-14H2,1-2H3,(H2,22,23,24). The zero-order chi connectivity index (χ0) is 18.4. The van der Waals surface area contributed by atoms with Crippen LogP contribution in [0.3, 0.4) is 0 Å². The van der Waals surface area contributed by atoms with Gasteiger partial charge in [0.1, 0.15) is 5.82 Å². The molecule has 0 spiro atoms. The van der Waals surface area contributed by atoms with E-state index in [0.29, 0.717) is 6.04 Å². The highest BCUT2D eigenvalue weighted by Gasteiger charge is 2.21. The Kier molecular flexibility index (Phi) is 6.63. The van der Waals surface area contributed by atoms with E-state index in [1.807, 2.05) is 23.5 Å². The lowest BCUT2D eigenvalue weighted by atomic mass is 10.1. The first-order valence-corrected chi connectivity index (χ1v) is 10.0. The average molecular weight is 375 g/mol. The molecule has 0 amide bonds. The second-order valence-corrected chi connectivity index (χ2v) is 7.70. The minimum Gasteiger partial charge on any atom is -0.356 e. The van der Waals surface area contributed by atoms with E-state index in [9.17, 15) is 4.39 Å². The average Bonchev–Trinajstić information content (AvgIpc) is 3.13. The number of rotatable bonds is 6. The van der Waals surface area contributed by atoms with Crippen LogP contribution in [-0.2, 0) is 19.4 Å². The van der Waals surface area contributed by atoms with Gasteiger partial charge in [-0.3, -0.25) is 9.89 Å². The summed E-state index contributed by atoms with van der Waals surface area (Å²) in [5.41, 5.74) is 2.59. The number of guanidine groups is 1. The Bertz CT molecular complexity index is 726. The number of fused-ring (bicyclic) bond motifs is 1. The maximum atomic E-state index is 12.9. The van der Waals surface area contributed by atoms with Gasteiger partial charge in [0.05, 0.1) is 0 Å². The van der Waals surface area contributed by atoms with Gasteiger partial charge in [-0.1, -0.05) is 12.1 Å². The fourth-order valence-corrected chi connectivity index (χ4v) is 4.11. The van der Waals surface area contributed by atoms with Gasteiger partial charge in [-0.05, 0) is 54.5 Å². The van der Waals surface area contributed by atoms with E-state index in [1.165, 1.54) is 17.7 Å². The second kappa shape index (κ2) is 9.14. The Morgan fingerprint density at radius 1 is 1.27 bits per heavy atom. The van der Waals surface area contributed by atoms with Gasteiger partial charge in [0.25, 0.3) is 0 Å². The second-order valence-electron chi connectivity index (χ2n) is 6.69. The molecule has 1 aromatic heterocycles. The molecule has 140 valence electrons. The van der Waals surface area contributed by atoms with Crippen LogP contribution in [-0.4, -0.2) is 43.6 Å². The number of benzene rings is 1. The Morgan fingerprint density at radius 3 is 2.85 bits per heavy atom. The number of nitrogens with one attached hydrogen (secondary N) is 2. The largest absolute Gasteiger partial charge is 0.356 e. The highest BCUT2D eigenvalue weighted by Crippen LogP contribution is 2.24. The summed E-state index contributed by atoms with van der Waals surface area (Å²) in [4.78, 5) is 8.36. The predicted molar refractivity (Wildman–Crippen MR) is 107 cm³/mol. The molecule has 3 rings (SSSR count). The van der Waals surface area contributed by atoms with Crippen LogP contribution in [0.2, 0.25) is 0 Å². The molecule has 0 radical (unpaired) electrons. The van der Waals surface area contributed by atoms with Crippen LogP contribution in [0.5, 0.6) is 0 Å². The van der Waals surface area contributed by atoms with Gasteiger partial charge in [0.2, 0.25) is 0 Å². The number of hydrogen-bond acceptors (Lipinski definition) is 3. The molecule has 1 atom stereocenters. The van der Waals surface area contributed by atoms with Crippen molar-refractivity contribution in [3.05, 3.63) is 57.5 Å². The van der Waals surface area contributed by atoms with Crippen LogP contribution >= 0.6 is 11.3 Å². The van der Waals surface area contributed by atoms with Crippen molar-refractivity contribution in [3.8, 4) is 0 Å². The predicted octanol–water partition coefficient (Wildman–Crippen LogP) is 3.04. The molecule has 6 heteroatoms. The maximum Gasteiger partial charge on any atom is 0.191 e. The van der Waals surface area contributed by atoms with Crippen molar-refractivity contribution in [1.29, 1.82) is 0 Å². The van der Waals surface area contributed by atoms with Crippen LogP contribution in [0.25, 0.3) is 0 Å². The zero-order valence-corrected chi connectivity index (χ0v) is 16.3. The summed E-state index contributed by atoms with van der Waals surface area (Å²) >= 11 is 1.88. The topological polar surface area (TPSA) is 39.7 Å². The molecule has 0 bridgehead atoms. The smallest absolute Gasteiger partial charge is 0.191 e. The van der Waals surface area contributed by atoms with Crippen molar-refractivity contribution in [2.75, 3.05) is 26.7 Å². The fourth-order valence-electron chi connectivity index (χ4n) is 3.22. The Hall–Kier alpha value is -1.92. The molecule has 2 aromatic rings. The Balaban J connectivity index is 1.40. The Labute approximate surface area is 159 Å². The van der Waals surface area contributed by atoms with E-state index in [0.717, 1.165) is 50.5 Å². The van der Waals surface area contributed by atoms with Gasteiger partial charge in [-0.15, -0.1) is 11.3 Å². The molecule has 1 aliphatic rings. The highest BCUT2D eigenvalue weighted by atomic mass is 32.1. The summed E-state index contributed by atoms with van der Waals surface area (Å²) in [5.74, 6) is 0.618. The molecule has 4 nitrogen and oxygen atoms in total. The molecule has 1 aromatic carbocycles. The third kappa shape index (κ3) is 5.05. The summed E-state index contributed by atoms with van der Waals surface area (Å²) in [6.07, 6.45) is 1.99. The van der Waals surface area contributed by atoms with Gasteiger partial charge < -0.3 is 10.6 Å². The molecular weight excluding hydrogens is 347 g/mol. The van der Waals surface area contributed by atoms with Crippen molar-refractivity contribution in [2.24, 2.45) is 4.99 Å². The minimum atomic E-state index is -0.194. The molecule has 2 N–H and O–H groups in total. The fraction of sp³-hybridized carbons (Fsp3) is 0.450. The van der Waals surface area contributed by atoms with Crippen LogP contribution in [0.1, 0.15) is 22.9 Å². The van der Waals surface area contributed by atoms with E-state index in [1.54, 1.807) is 11.9 Å². The number of hydrogen-bond donors (Lipinski definition) is 2. The Morgan fingerprint density at radius 2 is 2.08 bits per heavy atom. The third-order valence-electron chi connectivity index (χ3n) is 4.87. The van der Waals surface area contributed by atoms with Gasteiger partial charge in [-0.25, -0.2) is 4.39 Å².